The van der Waals surface area contributed by atoms with Crippen LogP contribution < -0.4 is 10.6 Å². The molecule has 3 heterocycles. The first-order valence-corrected chi connectivity index (χ1v) is 11.1. The van der Waals surface area contributed by atoms with Crippen molar-refractivity contribution < 1.29 is 14.4 Å². The van der Waals surface area contributed by atoms with E-state index in [0.29, 0.717) is 31.7 Å². The van der Waals surface area contributed by atoms with Gasteiger partial charge in [-0.3, -0.25) is 19.4 Å². The number of amides is 3. The molecule has 0 radical (unpaired) electrons. The summed E-state index contributed by atoms with van der Waals surface area (Å²) in [4.78, 5) is 43.5. The summed E-state index contributed by atoms with van der Waals surface area (Å²) in [6.07, 6.45) is 4.82. The highest BCUT2D eigenvalue weighted by atomic mass is 32.1. The highest BCUT2D eigenvalue weighted by molar-refractivity contribution is 7.15. The van der Waals surface area contributed by atoms with E-state index in [-0.39, 0.29) is 27.7 Å². The quantitative estimate of drug-likeness (QED) is 0.595. The molecule has 1 aromatic carbocycles. The second-order valence-electron chi connectivity index (χ2n) is 7.40. The van der Waals surface area contributed by atoms with Crippen molar-refractivity contribution in [2.24, 2.45) is 5.92 Å². The molecular formula is C22H22N6O3S. The minimum atomic E-state index is -0.418. The van der Waals surface area contributed by atoms with Gasteiger partial charge in [0.05, 0.1) is 5.92 Å². The van der Waals surface area contributed by atoms with Crippen molar-refractivity contribution >= 4 is 34.7 Å². The highest BCUT2D eigenvalue weighted by Gasteiger charge is 2.30. The van der Waals surface area contributed by atoms with Crippen molar-refractivity contribution in [2.75, 3.05) is 18.4 Å². The number of hydrogen-bond acceptors (Lipinski definition) is 7. The predicted octanol–water partition coefficient (Wildman–Crippen LogP) is 2.35. The third-order valence-electron chi connectivity index (χ3n) is 5.10. The second kappa shape index (κ2) is 10.1. The molecule has 2 aromatic heterocycles. The monoisotopic (exact) mass is 450 g/mol. The molecule has 1 saturated heterocycles. The molecular weight excluding hydrogens is 428 g/mol. The van der Waals surface area contributed by atoms with Gasteiger partial charge in [0.1, 0.15) is 0 Å². The Morgan fingerprint density at radius 1 is 1.06 bits per heavy atom. The molecule has 1 fully saturated rings. The first-order chi connectivity index (χ1) is 15.6. The van der Waals surface area contributed by atoms with Gasteiger partial charge in [0.15, 0.2) is 0 Å². The molecule has 3 amide bonds. The zero-order valence-electron chi connectivity index (χ0n) is 17.2. The smallest absolute Gasteiger partial charge is 0.286 e. The Morgan fingerprint density at radius 3 is 2.66 bits per heavy atom. The topological polar surface area (TPSA) is 117 Å². The number of carbonyl (C=O) groups is 3. The maximum atomic E-state index is 12.9. The fraction of sp³-hybridized carbons (Fsp3) is 0.273. The summed E-state index contributed by atoms with van der Waals surface area (Å²) in [7, 11) is 0. The van der Waals surface area contributed by atoms with E-state index < -0.39 is 5.91 Å². The first-order valence-electron chi connectivity index (χ1n) is 10.3. The summed E-state index contributed by atoms with van der Waals surface area (Å²) in [5, 5.41) is 13.7. The van der Waals surface area contributed by atoms with E-state index in [9.17, 15) is 14.4 Å². The van der Waals surface area contributed by atoms with Crippen LogP contribution in [0, 0.1) is 5.92 Å². The number of nitrogens with zero attached hydrogens (tertiary/aromatic N) is 4. The molecule has 0 unspecified atom stereocenters. The molecule has 10 heteroatoms. The number of benzene rings is 1. The minimum Gasteiger partial charge on any atom is -0.352 e. The van der Waals surface area contributed by atoms with E-state index in [4.69, 9.17) is 0 Å². The van der Waals surface area contributed by atoms with E-state index in [1.807, 2.05) is 30.3 Å². The van der Waals surface area contributed by atoms with Gasteiger partial charge in [-0.1, -0.05) is 35.6 Å². The van der Waals surface area contributed by atoms with Crippen molar-refractivity contribution in [1.29, 1.82) is 0 Å². The Morgan fingerprint density at radius 2 is 1.88 bits per heavy atom. The van der Waals surface area contributed by atoms with Crippen molar-refractivity contribution in [1.82, 2.24) is 25.4 Å². The number of hydrogen-bond donors (Lipinski definition) is 2. The highest BCUT2D eigenvalue weighted by Crippen LogP contribution is 2.21. The fourth-order valence-electron chi connectivity index (χ4n) is 3.45. The van der Waals surface area contributed by atoms with Crippen LogP contribution in [0.5, 0.6) is 0 Å². The van der Waals surface area contributed by atoms with Crippen molar-refractivity contribution in [3.8, 4) is 0 Å². The fourth-order valence-corrected chi connectivity index (χ4v) is 4.16. The summed E-state index contributed by atoms with van der Waals surface area (Å²) in [5.41, 5.74) is 1.55. The number of likely N-dealkylation sites (tertiary alicyclic amines) is 1. The molecule has 1 atom stereocenters. The molecule has 32 heavy (non-hydrogen) atoms. The summed E-state index contributed by atoms with van der Waals surface area (Å²) < 4.78 is 0. The van der Waals surface area contributed by atoms with Crippen molar-refractivity contribution in [3.05, 3.63) is 70.4 Å². The maximum Gasteiger partial charge on any atom is 0.286 e. The van der Waals surface area contributed by atoms with E-state index in [2.05, 4.69) is 25.8 Å². The van der Waals surface area contributed by atoms with Crippen LogP contribution in [-0.2, 0) is 11.3 Å². The standard InChI is InChI=1S/C22H22N6O3S/c29-18(24-13-15-6-4-10-23-12-15)16-7-5-11-28(14-16)22(31)21-27-26-20(32-21)19(30)25-17-8-2-1-3-9-17/h1-4,6,8-10,12,16H,5,7,11,13-14H2,(H,24,29)(H,25,30)/t16-/m0/s1. The second-order valence-corrected chi connectivity index (χ2v) is 8.38. The molecule has 4 rings (SSSR count). The molecule has 164 valence electrons. The molecule has 3 aromatic rings. The van der Waals surface area contributed by atoms with Crippen LogP contribution >= 0.6 is 11.3 Å². The van der Waals surface area contributed by atoms with Gasteiger partial charge in [-0.05, 0) is 36.6 Å². The van der Waals surface area contributed by atoms with Crippen LogP contribution in [0.1, 0.15) is 38.0 Å². The van der Waals surface area contributed by atoms with Gasteiger partial charge in [0, 0.05) is 37.7 Å². The maximum absolute atomic E-state index is 12.9. The van der Waals surface area contributed by atoms with Gasteiger partial charge < -0.3 is 15.5 Å². The number of pyridine rings is 1. The Kier molecular flexibility index (Phi) is 6.81. The summed E-state index contributed by atoms with van der Waals surface area (Å²) in [6, 6.07) is 12.7. The minimum absolute atomic E-state index is 0.0912. The van der Waals surface area contributed by atoms with Crippen LogP contribution in [0.4, 0.5) is 5.69 Å². The number of carbonyl (C=O) groups excluding carboxylic acids is 3. The van der Waals surface area contributed by atoms with Gasteiger partial charge in [-0.25, -0.2) is 0 Å². The number of piperidine rings is 1. The first kappa shape index (κ1) is 21.6. The summed E-state index contributed by atoms with van der Waals surface area (Å²) >= 11 is 0.946. The molecule has 2 N–H and O–H groups in total. The molecule has 9 nitrogen and oxygen atoms in total. The van der Waals surface area contributed by atoms with Crippen LogP contribution in [0.15, 0.2) is 54.9 Å². The van der Waals surface area contributed by atoms with Crippen LogP contribution in [0.2, 0.25) is 0 Å². The largest absolute Gasteiger partial charge is 0.352 e. The van der Waals surface area contributed by atoms with Crippen LogP contribution in [0.3, 0.4) is 0 Å². The van der Waals surface area contributed by atoms with E-state index in [1.165, 1.54) is 0 Å². The Balaban J connectivity index is 1.34. The number of anilines is 1. The lowest BCUT2D eigenvalue weighted by molar-refractivity contribution is -0.126. The third kappa shape index (κ3) is 5.33. The van der Waals surface area contributed by atoms with E-state index in [1.54, 1.807) is 29.4 Å². The SMILES string of the molecule is O=C(Nc1ccccc1)c1nnc(C(=O)N2CCC[C@H](C(=O)NCc3cccnc3)C2)s1. The molecule has 0 aliphatic carbocycles. The number of para-hydroxylation sites is 1. The Labute approximate surface area is 188 Å². The van der Waals surface area contributed by atoms with Gasteiger partial charge in [0.25, 0.3) is 11.8 Å². The van der Waals surface area contributed by atoms with Crippen molar-refractivity contribution in [3.63, 3.8) is 0 Å². The molecule has 1 aliphatic heterocycles. The average Bonchev–Trinajstić information content (AvgIpc) is 3.34. The van der Waals surface area contributed by atoms with Gasteiger partial charge in [-0.2, -0.15) is 0 Å². The lowest BCUT2D eigenvalue weighted by Gasteiger charge is -2.31. The van der Waals surface area contributed by atoms with E-state index >= 15 is 0 Å². The number of rotatable bonds is 6. The van der Waals surface area contributed by atoms with Crippen LogP contribution in [-0.4, -0.2) is 50.9 Å². The van der Waals surface area contributed by atoms with E-state index in [0.717, 1.165) is 23.3 Å². The van der Waals surface area contributed by atoms with Crippen LogP contribution in [0.25, 0.3) is 0 Å². The Hall–Kier alpha value is -3.66. The van der Waals surface area contributed by atoms with Gasteiger partial charge >= 0.3 is 0 Å². The lowest BCUT2D eigenvalue weighted by atomic mass is 9.97. The normalized spacial score (nSPS) is 15.8. The Bertz CT molecular complexity index is 1090. The lowest BCUT2D eigenvalue weighted by Crippen LogP contribution is -2.45. The molecule has 1 aliphatic rings. The average molecular weight is 451 g/mol. The molecule has 0 spiro atoms. The van der Waals surface area contributed by atoms with Gasteiger partial charge in [-0.15, -0.1) is 10.2 Å². The summed E-state index contributed by atoms with van der Waals surface area (Å²) in [5.74, 6) is -1.12. The molecule has 0 bridgehead atoms. The third-order valence-corrected chi connectivity index (χ3v) is 6.01. The number of aromatic nitrogens is 3. The molecule has 0 saturated carbocycles. The van der Waals surface area contributed by atoms with Crippen molar-refractivity contribution in [2.45, 2.75) is 19.4 Å². The zero-order valence-corrected chi connectivity index (χ0v) is 18.0. The number of nitrogens with one attached hydrogen (secondary N) is 2. The van der Waals surface area contributed by atoms with Gasteiger partial charge in [0.2, 0.25) is 15.9 Å². The summed E-state index contributed by atoms with van der Waals surface area (Å²) in [6.45, 7) is 1.24. The predicted molar refractivity (Wildman–Crippen MR) is 119 cm³/mol. The zero-order chi connectivity index (χ0) is 22.3.